The van der Waals surface area contributed by atoms with Gasteiger partial charge in [0.05, 0.1) is 18.8 Å². The smallest absolute Gasteiger partial charge is 0.220 e. The SMILES string of the molecule is CCCCCCCCCCCCCCCCCC(=O)N[C@H]1COC(C)(C)O[C@@H]1CCCCCCCCCCCCC. The molecule has 41 heavy (non-hydrogen) atoms. The van der Waals surface area contributed by atoms with Gasteiger partial charge < -0.3 is 14.8 Å². The summed E-state index contributed by atoms with van der Waals surface area (Å²) < 4.78 is 12.2. The highest BCUT2D eigenvalue weighted by Crippen LogP contribution is 2.26. The predicted octanol–water partition coefficient (Wildman–Crippen LogP) is 11.6. The van der Waals surface area contributed by atoms with E-state index in [2.05, 4.69) is 19.2 Å². The average Bonchev–Trinajstić information content (AvgIpc) is 2.95. The highest BCUT2D eigenvalue weighted by molar-refractivity contribution is 5.76. The Labute approximate surface area is 257 Å². The van der Waals surface area contributed by atoms with E-state index < -0.39 is 5.79 Å². The van der Waals surface area contributed by atoms with E-state index in [1.165, 1.54) is 154 Å². The van der Waals surface area contributed by atoms with Crippen LogP contribution in [0.3, 0.4) is 0 Å². The van der Waals surface area contributed by atoms with Crippen molar-refractivity contribution in [3.8, 4) is 0 Å². The first-order valence-electron chi connectivity index (χ1n) is 18.6. The summed E-state index contributed by atoms with van der Waals surface area (Å²) in [5, 5.41) is 3.26. The molecular formula is C37H73NO3. The molecule has 1 saturated heterocycles. The number of carbonyl (C=O) groups excluding carboxylic acids is 1. The van der Waals surface area contributed by atoms with Gasteiger partial charge in [-0.25, -0.2) is 0 Å². The Morgan fingerprint density at radius 1 is 0.585 bits per heavy atom. The molecule has 0 aromatic heterocycles. The van der Waals surface area contributed by atoms with Crippen molar-refractivity contribution in [2.45, 2.75) is 225 Å². The second kappa shape index (κ2) is 27.0. The number of nitrogens with one attached hydrogen (secondary N) is 1. The fraction of sp³-hybridized carbons (Fsp3) is 0.973. The second-order valence-electron chi connectivity index (χ2n) is 13.6. The topological polar surface area (TPSA) is 47.6 Å². The molecule has 0 radical (unpaired) electrons. The second-order valence-corrected chi connectivity index (χ2v) is 13.6. The summed E-state index contributed by atoms with van der Waals surface area (Å²) in [6, 6.07) is -0.0185. The molecule has 1 fully saturated rings. The lowest BCUT2D eigenvalue weighted by Gasteiger charge is -2.41. The van der Waals surface area contributed by atoms with Gasteiger partial charge >= 0.3 is 0 Å². The van der Waals surface area contributed by atoms with E-state index >= 15 is 0 Å². The Kier molecular flexibility index (Phi) is 25.3. The monoisotopic (exact) mass is 580 g/mol. The Morgan fingerprint density at radius 2 is 0.951 bits per heavy atom. The summed E-state index contributed by atoms with van der Waals surface area (Å²) in [6.07, 6.45) is 36.7. The van der Waals surface area contributed by atoms with Crippen LogP contribution in [0.2, 0.25) is 0 Å². The number of carbonyl (C=O) groups is 1. The van der Waals surface area contributed by atoms with Crippen molar-refractivity contribution in [3.05, 3.63) is 0 Å². The van der Waals surface area contributed by atoms with Crippen LogP contribution in [0.25, 0.3) is 0 Å². The van der Waals surface area contributed by atoms with Crippen molar-refractivity contribution in [1.82, 2.24) is 5.32 Å². The highest BCUT2D eigenvalue weighted by atomic mass is 16.7. The maximum absolute atomic E-state index is 12.7. The normalized spacial score (nSPS) is 18.5. The van der Waals surface area contributed by atoms with Crippen LogP contribution in [0, 0.1) is 0 Å². The first-order valence-corrected chi connectivity index (χ1v) is 18.6. The maximum Gasteiger partial charge on any atom is 0.220 e. The van der Waals surface area contributed by atoms with Crippen LogP contribution in [0.5, 0.6) is 0 Å². The van der Waals surface area contributed by atoms with Gasteiger partial charge in [-0.3, -0.25) is 4.79 Å². The zero-order chi connectivity index (χ0) is 29.9. The Morgan fingerprint density at radius 3 is 1.37 bits per heavy atom. The van der Waals surface area contributed by atoms with Crippen LogP contribution in [-0.4, -0.2) is 30.4 Å². The minimum Gasteiger partial charge on any atom is -0.348 e. The van der Waals surface area contributed by atoms with E-state index in [4.69, 9.17) is 9.47 Å². The van der Waals surface area contributed by atoms with E-state index in [0.717, 1.165) is 19.3 Å². The Balaban J connectivity index is 2.05. The van der Waals surface area contributed by atoms with E-state index in [1.54, 1.807) is 0 Å². The van der Waals surface area contributed by atoms with Crippen LogP contribution >= 0.6 is 0 Å². The van der Waals surface area contributed by atoms with Crippen LogP contribution in [0.1, 0.15) is 207 Å². The number of unbranched alkanes of at least 4 members (excludes halogenated alkanes) is 24. The third-order valence-corrected chi connectivity index (χ3v) is 8.94. The molecule has 1 heterocycles. The molecule has 0 bridgehead atoms. The zero-order valence-corrected chi connectivity index (χ0v) is 28.4. The lowest BCUT2D eigenvalue weighted by Crippen LogP contribution is -2.55. The number of hydrogen-bond donors (Lipinski definition) is 1. The predicted molar refractivity (Wildman–Crippen MR) is 177 cm³/mol. The minimum atomic E-state index is -0.558. The van der Waals surface area contributed by atoms with Gasteiger partial charge in [-0.15, -0.1) is 0 Å². The summed E-state index contributed by atoms with van der Waals surface area (Å²) in [4.78, 5) is 12.7. The van der Waals surface area contributed by atoms with E-state index in [0.29, 0.717) is 13.0 Å². The summed E-state index contributed by atoms with van der Waals surface area (Å²) in [7, 11) is 0. The van der Waals surface area contributed by atoms with Crippen molar-refractivity contribution >= 4 is 5.91 Å². The van der Waals surface area contributed by atoms with Crippen LogP contribution < -0.4 is 5.32 Å². The van der Waals surface area contributed by atoms with Crippen LogP contribution in [0.4, 0.5) is 0 Å². The van der Waals surface area contributed by atoms with Crippen molar-refractivity contribution in [3.63, 3.8) is 0 Å². The number of hydrogen-bond acceptors (Lipinski definition) is 3. The molecule has 1 amide bonds. The van der Waals surface area contributed by atoms with Gasteiger partial charge in [0.1, 0.15) is 0 Å². The molecule has 0 aromatic carbocycles. The third-order valence-electron chi connectivity index (χ3n) is 8.94. The minimum absolute atomic E-state index is 0.0185. The van der Waals surface area contributed by atoms with E-state index in [1.807, 2.05) is 13.8 Å². The summed E-state index contributed by atoms with van der Waals surface area (Å²) in [5.41, 5.74) is 0. The summed E-state index contributed by atoms with van der Waals surface area (Å²) >= 11 is 0. The summed E-state index contributed by atoms with van der Waals surface area (Å²) in [5.74, 6) is -0.390. The first-order chi connectivity index (χ1) is 20.0. The first kappa shape index (κ1) is 38.4. The van der Waals surface area contributed by atoms with Crippen LogP contribution in [0.15, 0.2) is 0 Å². The van der Waals surface area contributed by atoms with Gasteiger partial charge in [-0.2, -0.15) is 0 Å². The van der Waals surface area contributed by atoms with Crippen molar-refractivity contribution in [2.24, 2.45) is 0 Å². The molecule has 0 saturated carbocycles. The molecule has 1 aliphatic heterocycles. The lowest BCUT2D eigenvalue weighted by atomic mass is 10.00. The van der Waals surface area contributed by atoms with Crippen molar-refractivity contribution in [1.29, 1.82) is 0 Å². The molecular weight excluding hydrogens is 506 g/mol. The molecule has 0 unspecified atom stereocenters. The standard InChI is InChI=1S/C37H73NO3/c1-5-7-9-11-13-15-17-18-19-20-22-24-26-28-30-32-36(39)38-34-33-40-37(3,4)41-35(34)31-29-27-25-23-21-16-14-12-10-8-6-2/h34-35H,5-33H2,1-4H3,(H,38,39)/t34-,35+/m0/s1. The quantitative estimate of drug-likeness (QED) is 0.0896. The Bertz CT molecular complexity index is 579. The fourth-order valence-corrected chi connectivity index (χ4v) is 6.22. The van der Waals surface area contributed by atoms with Gasteiger partial charge in [0, 0.05) is 6.42 Å². The molecule has 0 spiro atoms. The van der Waals surface area contributed by atoms with Gasteiger partial charge in [0.15, 0.2) is 5.79 Å². The molecule has 1 N–H and O–H groups in total. The van der Waals surface area contributed by atoms with Crippen molar-refractivity contribution in [2.75, 3.05) is 6.61 Å². The van der Waals surface area contributed by atoms with Gasteiger partial charge in [-0.1, -0.05) is 174 Å². The molecule has 0 aliphatic carbocycles. The maximum atomic E-state index is 12.7. The molecule has 1 rings (SSSR count). The molecule has 1 aliphatic rings. The van der Waals surface area contributed by atoms with Crippen LogP contribution in [-0.2, 0) is 14.3 Å². The van der Waals surface area contributed by atoms with Gasteiger partial charge in [0.25, 0.3) is 0 Å². The lowest BCUT2D eigenvalue weighted by molar-refractivity contribution is -0.283. The largest absolute Gasteiger partial charge is 0.348 e. The molecule has 4 heteroatoms. The van der Waals surface area contributed by atoms with Crippen molar-refractivity contribution < 1.29 is 14.3 Å². The van der Waals surface area contributed by atoms with E-state index in [9.17, 15) is 4.79 Å². The number of ether oxygens (including phenoxy) is 2. The fourth-order valence-electron chi connectivity index (χ4n) is 6.22. The van der Waals surface area contributed by atoms with Gasteiger partial charge in [-0.05, 0) is 26.7 Å². The van der Waals surface area contributed by atoms with Gasteiger partial charge in [0.2, 0.25) is 5.91 Å². The summed E-state index contributed by atoms with van der Waals surface area (Å²) in [6.45, 7) is 9.11. The zero-order valence-electron chi connectivity index (χ0n) is 28.4. The van der Waals surface area contributed by atoms with E-state index in [-0.39, 0.29) is 18.1 Å². The number of amides is 1. The Hall–Kier alpha value is -0.610. The molecule has 4 nitrogen and oxygen atoms in total. The highest BCUT2D eigenvalue weighted by Gasteiger charge is 2.36. The average molecular weight is 580 g/mol. The number of rotatable bonds is 29. The molecule has 2 atom stereocenters. The third kappa shape index (κ3) is 23.5. The molecule has 244 valence electrons. The molecule has 0 aromatic rings.